The average molecular weight is 501 g/mol. The molecule has 9 nitrogen and oxygen atoms in total. The van der Waals surface area contributed by atoms with E-state index in [0.29, 0.717) is 54.4 Å². The summed E-state index contributed by atoms with van der Waals surface area (Å²) in [6.45, 7) is 2.49. The lowest BCUT2D eigenvalue weighted by molar-refractivity contribution is -0.119. The van der Waals surface area contributed by atoms with E-state index in [1.807, 2.05) is 28.8 Å². The molecule has 4 rings (SSSR count). The van der Waals surface area contributed by atoms with Crippen LogP contribution in [0.15, 0.2) is 42.5 Å². The number of anilines is 2. The Balaban J connectivity index is 1.58. The molecule has 192 valence electrons. The second kappa shape index (κ2) is 11.7. The van der Waals surface area contributed by atoms with Crippen molar-refractivity contribution in [3.8, 4) is 6.07 Å². The SMILES string of the molecule is CC(=O)NCCCn1c(NC(=O)c2ccc(C#N)cc2)nc2cc(N(C)C(=O)CC3CCCC3)ccc21. The lowest BCUT2D eigenvalue weighted by Gasteiger charge is -2.19. The Morgan fingerprint density at radius 2 is 1.86 bits per heavy atom. The predicted octanol–water partition coefficient (Wildman–Crippen LogP) is 4.23. The minimum absolute atomic E-state index is 0.0929. The van der Waals surface area contributed by atoms with Gasteiger partial charge in [0.05, 0.1) is 22.7 Å². The number of amides is 3. The Morgan fingerprint density at radius 1 is 1.14 bits per heavy atom. The topological polar surface area (TPSA) is 120 Å². The summed E-state index contributed by atoms with van der Waals surface area (Å²) in [6, 6.07) is 14.1. The zero-order valence-corrected chi connectivity index (χ0v) is 21.3. The van der Waals surface area contributed by atoms with Crippen LogP contribution in [-0.2, 0) is 16.1 Å². The molecule has 37 heavy (non-hydrogen) atoms. The van der Waals surface area contributed by atoms with Gasteiger partial charge in [-0.1, -0.05) is 12.8 Å². The molecule has 3 amide bonds. The third-order valence-electron chi connectivity index (χ3n) is 6.87. The molecule has 1 aliphatic rings. The van der Waals surface area contributed by atoms with Crippen LogP contribution in [0.4, 0.5) is 11.6 Å². The fourth-order valence-electron chi connectivity index (χ4n) is 4.76. The van der Waals surface area contributed by atoms with E-state index in [1.165, 1.54) is 19.8 Å². The molecule has 0 aliphatic heterocycles. The van der Waals surface area contributed by atoms with E-state index in [2.05, 4.69) is 15.6 Å². The van der Waals surface area contributed by atoms with Crippen LogP contribution in [0.1, 0.15) is 61.4 Å². The maximum Gasteiger partial charge on any atom is 0.257 e. The average Bonchev–Trinajstić information content (AvgIpc) is 3.53. The monoisotopic (exact) mass is 500 g/mol. The second-order valence-electron chi connectivity index (χ2n) is 9.55. The smallest absolute Gasteiger partial charge is 0.257 e. The number of nitrogens with one attached hydrogen (secondary N) is 2. The van der Waals surface area contributed by atoms with E-state index < -0.39 is 0 Å². The van der Waals surface area contributed by atoms with Crippen LogP contribution in [0, 0.1) is 17.2 Å². The van der Waals surface area contributed by atoms with Crippen molar-refractivity contribution < 1.29 is 14.4 Å². The number of fused-ring (bicyclic) bond motifs is 1. The van der Waals surface area contributed by atoms with Crippen LogP contribution in [0.3, 0.4) is 0 Å². The summed E-state index contributed by atoms with van der Waals surface area (Å²) in [6.07, 6.45) is 5.83. The van der Waals surface area contributed by atoms with Gasteiger partial charge >= 0.3 is 0 Å². The molecule has 1 aliphatic carbocycles. The van der Waals surface area contributed by atoms with E-state index >= 15 is 0 Å². The van der Waals surface area contributed by atoms with Crippen molar-refractivity contribution >= 4 is 40.4 Å². The number of hydrogen-bond acceptors (Lipinski definition) is 5. The number of carbonyl (C=O) groups is 3. The number of carbonyl (C=O) groups excluding carboxylic acids is 3. The summed E-state index contributed by atoms with van der Waals surface area (Å²) in [5.41, 5.74) is 3.11. The molecule has 0 bridgehead atoms. The minimum Gasteiger partial charge on any atom is -0.356 e. The van der Waals surface area contributed by atoms with Gasteiger partial charge in [-0.2, -0.15) is 5.26 Å². The molecule has 2 aromatic carbocycles. The molecular formula is C28H32N6O3. The van der Waals surface area contributed by atoms with Crippen molar-refractivity contribution in [3.63, 3.8) is 0 Å². The summed E-state index contributed by atoms with van der Waals surface area (Å²) < 4.78 is 1.91. The number of hydrogen-bond donors (Lipinski definition) is 2. The fourth-order valence-corrected chi connectivity index (χ4v) is 4.76. The maximum atomic E-state index is 12.9. The first-order valence-corrected chi connectivity index (χ1v) is 12.7. The van der Waals surface area contributed by atoms with Gasteiger partial charge < -0.3 is 14.8 Å². The summed E-state index contributed by atoms with van der Waals surface area (Å²) in [5, 5.41) is 14.7. The van der Waals surface area contributed by atoms with Gasteiger partial charge in [0.25, 0.3) is 5.91 Å². The van der Waals surface area contributed by atoms with E-state index in [1.54, 1.807) is 36.2 Å². The summed E-state index contributed by atoms with van der Waals surface area (Å²) >= 11 is 0. The summed E-state index contributed by atoms with van der Waals surface area (Å²) in [5.74, 6) is 0.497. The first-order chi connectivity index (χ1) is 17.9. The maximum absolute atomic E-state index is 12.9. The Morgan fingerprint density at radius 3 is 2.54 bits per heavy atom. The van der Waals surface area contributed by atoms with E-state index in [0.717, 1.165) is 24.0 Å². The van der Waals surface area contributed by atoms with E-state index in [9.17, 15) is 14.4 Å². The quantitative estimate of drug-likeness (QED) is 0.426. The summed E-state index contributed by atoms with van der Waals surface area (Å²) in [7, 11) is 1.79. The molecular weight excluding hydrogens is 468 g/mol. The highest BCUT2D eigenvalue weighted by Crippen LogP contribution is 2.30. The van der Waals surface area contributed by atoms with Gasteiger partial charge in [-0.05, 0) is 67.6 Å². The van der Waals surface area contributed by atoms with Gasteiger partial charge in [0.2, 0.25) is 17.8 Å². The van der Waals surface area contributed by atoms with Crippen molar-refractivity contribution in [2.24, 2.45) is 5.92 Å². The summed E-state index contributed by atoms with van der Waals surface area (Å²) in [4.78, 5) is 43.4. The molecule has 1 aromatic heterocycles. The number of rotatable bonds is 9. The van der Waals surface area contributed by atoms with Gasteiger partial charge in [0.1, 0.15) is 0 Å². The van der Waals surface area contributed by atoms with Crippen molar-refractivity contribution in [3.05, 3.63) is 53.6 Å². The Hall–Kier alpha value is -4.19. The second-order valence-corrected chi connectivity index (χ2v) is 9.55. The van der Waals surface area contributed by atoms with Gasteiger partial charge in [-0.3, -0.25) is 19.7 Å². The van der Waals surface area contributed by atoms with Crippen LogP contribution in [0.5, 0.6) is 0 Å². The van der Waals surface area contributed by atoms with Crippen molar-refractivity contribution in [1.82, 2.24) is 14.9 Å². The highest BCUT2D eigenvalue weighted by molar-refractivity contribution is 6.04. The predicted molar refractivity (Wildman–Crippen MR) is 142 cm³/mol. The molecule has 3 aromatic rings. The number of aryl methyl sites for hydroxylation is 1. The van der Waals surface area contributed by atoms with E-state index in [4.69, 9.17) is 5.26 Å². The number of aromatic nitrogens is 2. The third kappa shape index (κ3) is 6.33. The Labute approximate surface area is 216 Å². The van der Waals surface area contributed by atoms with Crippen molar-refractivity contribution in [2.75, 3.05) is 23.8 Å². The molecule has 0 unspecified atom stereocenters. The van der Waals surface area contributed by atoms with Crippen molar-refractivity contribution in [1.29, 1.82) is 5.26 Å². The van der Waals surface area contributed by atoms with Gasteiger partial charge in [0.15, 0.2) is 0 Å². The minimum atomic E-state index is -0.341. The highest BCUT2D eigenvalue weighted by atomic mass is 16.2. The van der Waals surface area contributed by atoms with Crippen LogP contribution in [0.25, 0.3) is 11.0 Å². The fraction of sp³-hybridized carbons (Fsp3) is 0.393. The van der Waals surface area contributed by atoms with Crippen LogP contribution >= 0.6 is 0 Å². The van der Waals surface area contributed by atoms with E-state index in [-0.39, 0.29) is 17.7 Å². The number of nitrogens with zero attached hydrogens (tertiary/aromatic N) is 4. The largest absolute Gasteiger partial charge is 0.356 e. The van der Waals surface area contributed by atoms with Gasteiger partial charge in [-0.15, -0.1) is 0 Å². The lowest BCUT2D eigenvalue weighted by atomic mass is 10.0. The first kappa shape index (κ1) is 25.9. The number of nitriles is 1. The molecule has 0 radical (unpaired) electrons. The van der Waals surface area contributed by atoms with Gasteiger partial charge in [-0.25, -0.2) is 4.98 Å². The lowest BCUT2D eigenvalue weighted by Crippen LogP contribution is -2.27. The Kier molecular flexibility index (Phi) is 8.18. The third-order valence-corrected chi connectivity index (χ3v) is 6.87. The zero-order chi connectivity index (χ0) is 26.4. The van der Waals surface area contributed by atoms with Crippen LogP contribution in [-0.4, -0.2) is 40.9 Å². The molecule has 0 atom stereocenters. The molecule has 9 heteroatoms. The number of imidazole rings is 1. The molecule has 1 heterocycles. The number of benzene rings is 2. The molecule has 0 spiro atoms. The van der Waals surface area contributed by atoms with Gasteiger partial charge in [0, 0.05) is 44.7 Å². The Bertz CT molecular complexity index is 1330. The molecule has 1 saturated carbocycles. The molecule has 1 fully saturated rings. The van der Waals surface area contributed by atoms with Crippen molar-refractivity contribution in [2.45, 2.75) is 52.0 Å². The molecule has 0 saturated heterocycles. The normalized spacial score (nSPS) is 13.3. The zero-order valence-electron chi connectivity index (χ0n) is 21.3. The molecule has 2 N–H and O–H groups in total. The van der Waals surface area contributed by atoms with Crippen LogP contribution in [0.2, 0.25) is 0 Å². The first-order valence-electron chi connectivity index (χ1n) is 12.7. The standard InChI is InChI=1S/C28H32N6O3/c1-19(35)30-14-5-15-34-25-13-12-23(33(2)26(36)16-20-6-3-4-7-20)17-24(25)31-28(34)32-27(37)22-10-8-21(18-29)9-11-22/h8-13,17,20H,3-7,14-16H2,1-2H3,(H,30,35)(H,31,32,37). The highest BCUT2D eigenvalue weighted by Gasteiger charge is 2.22. The van der Waals surface area contributed by atoms with Crippen LogP contribution < -0.4 is 15.5 Å².